The largest absolute Gasteiger partial charge is 0.496 e. The SMILES string of the molecule is CCc1cc(OC)c(C(=O)CBr)cc1OC. The average Bonchev–Trinajstić information content (AvgIpc) is 2.35. The predicted molar refractivity (Wildman–Crippen MR) is 67.0 cm³/mol. The molecule has 0 saturated carbocycles. The molecule has 0 aromatic heterocycles. The van der Waals surface area contributed by atoms with Crippen LogP contribution in [0, 0.1) is 0 Å². The maximum atomic E-state index is 11.7. The van der Waals surface area contributed by atoms with Gasteiger partial charge in [-0.05, 0) is 24.1 Å². The maximum Gasteiger partial charge on any atom is 0.177 e. The summed E-state index contributed by atoms with van der Waals surface area (Å²) in [6.45, 7) is 2.03. The standard InChI is InChI=1S/C12H15BrO3/c1-4-8-5-12(16-3)9(10(14)7-13)6-11(8)15-2/h5-6H,4,7H2,1-3H3. The number of hydrogen-bond acceptors (Lipinski definition) is 3. The summed E-state index contributed by atoms with van der Waals surface area (Å²) in [5.41, 5.74) is 1.58. The Balaban J connectivity index is 3.31. The highest BCUT2D eigenvalue weighted by molar-refractivity contribution is 9.09. The number of ether oxygens (including phenoxy) is 2. The van der Waals surface area contributed by atoms with E-state index < -0.39 is 0 Å². The van der Waals surface area contributed by atoms with Gasteiger partial charge in [0.15, 0.2) is 5.78 Å². The number of benzene rings is 1. The molecule has 4 heteroatoms. The van der Waals surface area contributed by atoms with Crippen LogP contribution in [0.5, 0.6) is 11.5 Å². The molecule has 1 rings (SSSR count). The highest BCUT2D eigenvalue weighted by atomic mass is 79.9. The van der Waals surface area contributed by atoms with Crippen molar-refractivity contribution >= 4 is 21.7 Å². The van der Waals surface area contributed by atoms with Crippen LogP contribution < -0.4 is 9.47 Å². The normalized spacial score (nSPS) is 10.0. The molecule has 0 fully saturated rings. The van der Waals surface area contributed by atoms with Gasteiger partial charge in [-0.25, -0.2) is 0 Å². The molecule has 3 nitrogen and oxygen atoms in total. The van der Waals surface area contributed by atoms with Gasteiger partial charge in [0.1, 0.15) is 11.5 Å². The van der Waals surface area contributed by atoms with E-state index in [0.717, 1.165) is 17.7 Å². The summed E-state index contributed by atoms with van der Waals surface area (Å²) in [5, 5.41) is 0.276. The average molecular weight is 287 g/mol. The first-order valence-electron chi connectivity index (χ1n) is 5.02. The number of Topliss-reactive ketones (excluding diaryl/α,β-unsaturated/α-hetero) is 1. The number of alkyl halides is 1. The fourth-order valence-corrected chi connectivity index (χ4v) is 1.83. The molecular weight excluding hydrogens is 272 g/mol. The molecule has 0 aliphatic carbocycles. The van der Waals surface area contributed by atoms with E-state index in [1.165, 1.54) is 0 Å². The fourth-order valence-electron chi connectivity index (χ4n) is 1.53. The van der Waals surface area contributed by atoms with Crippen LogP contribution in [0.15, 0.2) is 12.1 Å². The number of carbonyl (C=O) groups excluding carboxylic acids is 1. The van der Waals surface area contributed by atoms with E-state index in [9.17, 15) is 4.79 Å². The van der Waals surface area contributed by atoms with Gasteiger partial charge in [0.05, 0.1) is 25.1 Å². The minimum absolute atomic E-state index is 0.0159. The molecule has 1 aromatic carbocycles. The van der Waals surface area contributed by atoms with E-state index in [0.29, 0.717) is 11.3 Å². The van der Waals surface area contributed by atoms with Crippen molar-refractivity contribution in [1.82, 2.24) is 0 Å². The Bertz CT molecular complexity index is 388. The highest BCUT2D eigenvalue weighted by Gasteiger charge is 2.15. The molecule has 0 saturated heterocycles. The van der Waals surface area contributed by atoms with Crippen LogP contribution >= 0.6 is 15.9 Å². The Labute approximate surface area is 104 Å². The molecule has 0 radical (unpaired) electrons. The Morgan fingerprint density at radius 2 is 1.88 bits per heavy atom. The second kappa shape index (κ2) is 5.89. The number of methoxy groups -OCH3 is 2. The molecule has 0 amide bonds. The molecule has 0 aliphatic heterocycles. The number of hydrogen-bond donors (Lipinski definition) is 0. The maximum absolute atomic E-state index is 11.7. The van der Waals surface area contributed by atoms with Crippen molar-refractivity contribution in [2.45, 2.75) is 13.3 Å². The summed E-state index contributed by atoms with van der Waals surface area (Å²) >= 11 is 3.15. The first-order valence-corrected chi connectivity index (χ1v) is 6.14. The zero-order valence-electron chi connectivity index (χ0n) is 9.67. The third-order valence-electron chi connectivity index (χ3n) is 2.41. The van der Waals surface area contributed by atoms with Gasteiger partial charge in [-0.1, -0.05) is 22.9 Å². The third kappa shape index (κ3) is 2.55. The quantitative estimate of drug-likeness (QED) is 0.617. The van der Waals surface area contributed by atoms with Crippen molar-refractivity contribution in [3.8, 4) is 11.5 Å². The van der Waals surface area contributed by atoms with Crippen molar-refractivity contribution in [1.29, 1.82) is 0 Å². The summed E-state index contributed by atoms with van der Waals surface area (Å²) in [5.74, 6) is 1.31. The molecule has 88 valence electrons. The summed E-state index contributed by atoms with van der Waals surface area (Å²) < 4.78 is 10.5. The van der Waals surface area contributed by atoms with Crippen LogP contribution in [-0.2, 0) is 6.42 Å². The Morgan fingerprint density at radius 1 is 1.25 bits per heavy atom. The Hall–Kier alpha value is -1.03. The van der Waals surface area contributed by atoms with E-state index in [1.807, 2.05) is 13.0 Å². The van der Waals surface area contributed by atoms with Crippen LogP contribution in [-0.4, -0.2) is 25.3 Å². The molecule has 0 heterocycles. The molecule has 0 unspecified atom stereocenters. The van der Waals surface area contributed by atoms with Crippen molar-refractivity contribution in [3.63, 3.8) is 0 Å². The number of halogens is 1. The molecule has 0 aliphatic rings. The van der Waals surface area contributed by atoms with E-state index in [-0.39, 0.29) is 11.1 Å². The number of ketones is 1. The zero-order chi connectivity index (χ0) is 12.1. The van der Waals surface area contributed by atoms with Gasteiger partial charge in [0.25, 0.3) is 0 Å². The minimum Gasteiger partial charge on any atom is -0.496 e. The van der Waals surface area contributed by atoms with Crippen LogP contribution in [0.2, 0.25) is 0 Å². The van der Waals surface area contributed by atoms with E-state index in [2.05, 4.69) is 15.9 Å². The van der Waals surface area contributed by atoms with E-state index in [1.54, 1.807) is 20.3 Å². The second-order valence-electron chi connectivity index (χ2n) is 3.27. The molecule has 0 spiro atoms. The fraction of sp³-hybridized carbons (Fsp3) is 0.417. The molecule has 16 heavy (non-hydrogen) atoms. The zero-order valence-corrected chi connectivity index (χ0v) is 11.3. The van der Waals surface area contributed by atoms with Gasteiger partial charge in [-0.3, -0.25) is 4.79 Å². The van der Waals surface area contributed by atoms with Crippen molar-refractivity contribution < 1.29 is 14.3 Å². The molecule has 1 aromatic rings. The third-order valence-corrected chi connectivity index (χ3v) is 2.91. The first-order chi connectivity index (χ1) is 7.67. The predicted octanol–water partition coefficient (Wildman–Crippen LogP) is 2.84. The van der Waals surface area contributed by atoms with Crippen LogP contribution in [0.1, 0.15) is 22.8 Å². The summed E-state index contributed by atoms with van der Waals surface area (Å²) in [6.07, 6.45) is 0.836. The van der Waals surface area contributed by atoms with Gasteiger partial charge in [-0.2, -0.15) is 0 Å². The van der Waals surface area contributed by atoms with Crippen molar-refractivity contribution in [2.75, 3.05) is 19.5 Å². The summed E-state index contributed by atoms with van der Waals surface area (Å²) in [7, 11) is 3.16. The first kappa shape index (κ1) is 13.0. The van der Waals surface area contributed by atoms with Crippen molar-refractivity contribution in [2.24, 2.45) is 0 Å². The molecule has 0 atom stereocenters. The smallest absolute Gasteiger partial charge is 0.177 e. The lowest BCUT2D eigenvalue weighted by molar-refractivity contribution is 0.102. The summed E-state index contributed by atoms with van der Waals surface area (Å²) in [6, 6.07) is 3.59. The topological polar surface area (TPSA) is 35.5 Å². The highest BCUT2D eigenvalue weighted by Crippen LogP contribution is 2.29. The minimum atomic E-state index is -0.0159. The van der Waals surface area contributed by atoms with E-state index in [4.69, 9.17) is 9.47 Å². The van der Waals surface area contributed by atoms with Crippen LogP contribution in [0.3, 0.4) is 0 Å². The Morgan fingerprint density at radius 3 is 2.31 bits per heavy atom. The van der Waals surface area contributed by atoms with Gasteiger partial charge in [0, 0.05) is 0 Å². The second-order valence-corrected chi connectivity index (χ2v) is 3.84. The number of rotatable bonds is 5. The molecule has 0 N–H and O–H groups in total. The lowest BCUT2D eigenvalue weighted by Gasteiger charge is -2.12. The van der Waals surface area contributed by atoms with Crippen LogP contribution in [0.4, 0.5) is 0 Å². The van der Waals surface area contributed by atoms with Gasteiger partial charge < -0.3 is 9.47 Å². The Kier molecular flexibility index (Phi) is 4.80. The van der Waals surface area contributed by atoms with Crippen molar-refractivity contribution in [3.05, 3.63) is 23.3 Å². The molecule has 0 bridgehead atoms. The molecular formula is C12H15BrO3. The summed E-state index contributed by atoms with van der Waals surface area (Å²) in [4.78, 5) is 11.7. The van der Waals surface area contributed by atoms with E-state index >= 15 is 0 Å². The lowest BCUT2D eigenvalue weighted by Crippen LogP contribution is -2.05. The van der Waals surface area contributed by atoms with Gasteiger partial charge in [-0.15, -0.1) is 0 Å². The monoisotopic (exact) mass is 286 g/mol. The van der Waals surface area contributed by atoms with Crippen LogP contribution in [0.25, 0.3) is 0 Å². The number of aryl methyl sites for hydroxylation is 1. The van der Waals surface area contributed by atoms with Gasteiger partial charge >= 0.3 is 0 Å². The number of carbonyl (C=O) groups is 1. The lowest BCUT2D eigenvalue weighted by atomic mass is 10.0. The van der Waals surface area contributed by atoms with Gasteiger partial charge in [0.2, 0.25) is 0 Å².